The molecule has 5 rings (SSSR count). The normalized spacial score (nSPS) is 10.8. The van der Waals surface area contributed by atoms with Crippen molar-refractivity contribution >= 4 is 33.1 Å². The van der Waals surface area contributed by atoms with Crippen LogP contribution in [-0.4, -0.2) is 17.5 Å². The van der Waals surface area contributed by atoms with Crippen LogP contribution in [0.15, 0.2) is 84.2 Å². The third-order valence-corrected chi connectivity index (χ3v) is 7.51. The van der Waals surface area contributed by atoms with E-state index in [1.54, 1.807) is 6.07 Å². The standard InChI is InChI=1S/C33H29N3O2S/c1-3-5-9-22-14-16-23(17-15-22)29-21-39-33(28(29)20-34)36-32(37)27-19-31(35-30-13-7-6-12-26(27)30)24-10-8-11-25(18-24)38-4-2/h6-8,10-19,21H,3-5,9H2,1-2H3,(H,36,37). The number of carbonyl (C=O) groups is 1. The lowest BCUT2D eigenvalue weighted by atomic mass is 10.0. The number of fused-ring (bicyclic) bond motifs is 1. The van der Waals surface area contributed by atoms with Gasteiger partial charge in [0.1, 0.15) is 16.8 Å². The van der Waals surface area contributed by atoms with E-state index >= 15 is 0 Å². The predicted molar refractivity (Wildman–Crippen MR) is 159 cm³/mol. The highest BCUT2D eigenvalue weighted by Gasteiger charge is 2.19. The Morgan fingerprint density at radius 3 is 2.59 bits per heavy atom. The van der Waals surface area contributed by atoms with Crippen molar-refractivity contribution in [2.45, 2.75) is 33.1 Å². The highest BCUT2D eigenvalue weighted by molar-refractivity contribution is 7.15. The van der Waals surface area contributed by atoms with Crippen LogP contribution in [0.1, 0.15) is 48.2 Å². The number of anilines is 1. The Hall–Kier alpha value is -4.47. The number of benzene rings is 3. The molecule has 0 fully saturated rings. The number of amides is 1. The van der Waals surface area contributed by atoms with E-state index in [9.17, 15) is 10.1 Å². The van der Waals surface area contributed by atoms with Crippen LogP contribution in [-0.2, 0) is 6.42 Å². The van der Waals surface area contributed by atoms with E-state index in [2.05, 4.69) is 42.6 Å². The van der Waals surface area contributed by atoms with Crippen LogP contribution >= 0.6 is 11.3 Å². The SMILES string of the molecule is CCCCc1ccc(-c2csc(NC(=O)c3cc(-c4cccc(OCC)c4)nc4ccccc34)c2C#N)cc1. The second-order valence-corrected chi connectivity index (χ2v) is 10.1. The summed E-state index contributed by atoms with van der Waals surface area (Å²) in [4.78, 5) is 18.5. The van der Waals surface area contributed by atoms with Crippen molar-refractivity contribution in [2.75, 3.05) is 11.9 Å². The van der Waals surface area contributed by atoms with Crippen molar-refractivity contribution in [3.63, 3.8) is 0 Å². The number of hydrogen-bond donors (Lipinski definition) is 1. The number of aryl methyl sites for hydroxylation is 1. The first-order valence-corrected chi connectivity index (χ1v) is 14.0. The molecule has 2 aromatic heterocycles. The van der Waals surface area contributed by atoms with Gasteiger partial charge in [-0.05, 0) is 55.2 Å². The van der Waals surface area contributed by atoms with E-state index < -0.39 is 0 Å². The number of ether oxygens (including phenoxy) is 1. The molecule has 0 atom stereocenters. The molecule has 5 aromatic rings. The lowest BCUT2D eigenvalue weighted by Gasteiger charge is -2.11. The van der Waals surface area contributed by atoms with Gasteiger partial charge in [0.15, 0.2) is 0 Å². The zero-order valence-electron chi connectivity index (χ0n) is 22.0. The van der Waals surface area contributed by atoms with Crippen molar-refractivity contribution in [1.82, 2.24) is 4.98 Å². The summed E-state index contributed by atoms with van der Waals surface area (Å²) in [6, 6.07) is 27.7. The van der Waals surface area contributed by atoms with Gasteiger partial charge >= 0.3 is 0 Å². The van der Waals surface area contributed by atoms with E-state index in [1.165, 1.54) is 16.9 Å². The van der Waals surface area contributed by atoms with Gasteiger partial charge in [-0.15, -0.1) is 11.3 Å². The Bertz CT molecular complexity index is 1670. The average Bonchev–Trinajstić information content (AvgIpc) is 3.38. The average molecular weight is 532 g/mol. The molecule has 0 saturated heterocycles. The van der Waals surface area contributed by atoms with Crippen molar-refractivity contribution < 1.29 is 9.53 Å². The largest absolute Gasteiger partial charge is 0.494 e. The van der Waals surface area contributed by atoms with Gasteiger partial charge in [-0.25, -0.2) is 4.98 Å². The van der Waals surface area contributed by atoms with Gasteiger partial charge in [-0.2, -0.15) is 5.26 Å². The lowest BCUT2D eigenvalue weighted by Crippen LogP contribution is -2.13. The smallest absolute Gasteiger partial charge is 0.257 e. The fourth-order valence-electron chi connectivity index (χ4n) is 4.60. The molecule has 0 saturated carbocycles. The topological polar surface area (TPSA) is 75.0 Å². The molecule has 3 aromatic carbocycles. The zero-order valence-corrected chi connectivity index (χ0v) is 22.8. The minimum Gasteiger partial charge on any atom is -0.494 e. The van der Waals surface area contributed by atoms with Crippen molar-refractivity contribution in [3.05, 3.63) is 101 Å². The summed E-state index contributed by atoms with van der Waals surface area (Å²) >= 11 is 1.36. The second kappa shape index (κ2) is 11.9. The molecule has 5 nitrogen and oxygen atoms in total. The molecule has 1 amide bonds. The Morgan fingerprint density at radius 2 is 1.82 bits per heavy atom. The number of unbranched alkanes of at least 4 members (excludes halogenated alkanes) is 1. The number of nitrogens with one attached hydrogen (secondary N) is 1. The molecule has 0 aliphatic rings. The number of hydrogen-bond acceptors (Lipinski definition) is 5. The number of nitriles is 1. The summed E-state index contributed by atoms with van der Waals surface area (Å²) in [6.45, 7) is 4.69. The Balaban J connectivity index is 1.48. The molecular weight excluding hydrogens is 502 g/mol. The van der Waals surface area contributed by atoms with E-state index in [4.69, 9.17) is 9.72 Å². The molecule has 0 aliphatic carbocycles. The van der Waals surface area contributed by atoms with Crippen LogP contribution in [0.25, 0.3) is 33.3 Å². The third-order valence-electron chi connectivity index (χ3n) is 6.62. The zero-order chi connectivity index (χ0) is 27.2. The van der Waals surface area contributed by atoms with Crippen LogP contribution < -0.4 is 10.1 Å². The van der Waals surface area contributed by atoms with Crippen LogP contribution in [0.3, 0.4) is 0 Å². The number of pyridine rings is 1. The number of para-hydroxylation sites is 1. The number of nitrogens with zero attached hydrogens (tertiary/aromatic N) is 2. The van der Waals surface area contributed by atoms with Gasteiger partial charge in [0, 0.05) is 21.9 Å². The molecule has 39 heavy (non-hydrogen) atoms. The minimum absolute atomic E-state index is 0.282. The summed E-state index contributed by atoms with van der Waals surface area (Å²) in [5.74, 6) is 0.467. The molecule has 6 heteroatoms. The van der Waals surface area contributed by atoms with Gasteiger partial charge in [0.25, 0.3) is 5.91 Å². The first-order chi connectivity index (χ1) is 19.1. The first kappa shape index (κ1) is 26.1. The van der Waals surface area contributed by atoms with E-state index in [1.807, 2.05) is 60.8 Å². The fraction of sp³-hybridized carbons (Fsp3) is 0.182. The summed E-state index contributed by atoms with van der Waals surface area (Å²) in [7, 11) is 0. The quantitative estimate of drug-likeness (QED) is 0.207. The molecule has 0 spiro atoms. The predicted octanol–water partition coefficient (Wildman–Crippen LogP) is 8.50. The highest BCUT2D eigenvalue weighted by Crippen LogP contribution is 2.36. The second-order valence-electron chi connectivity index (χ2n) is 9.25. The van der Waals surface area contributed by atoms with Crippen LogP contribution in [0.5, 0.6) is 5.75 Å². The van der Waals surface area contributed by atoms with Gasteiger partial charge < -0.3 is 10.1 Å². The molecule has 194 valence electrons. The number of rotatable bonds is 9. The van der Waals surface area contributed by atoms with Gasteiger partial charge in [0.05, 0.1) is 28.9 Å². The fourth-order valence-corrected chi connectivity index (χ4v) is 5.51. The molecule has 0 bridgehead atoms. The van der Waals surface area contributed by atoms with Gasteiger partial charge in [-0.3, -0.25) is 4.79 Å². The maximum Gasteiger partial charge on any atom is 0.257 e. The maximum atomic E-state index is 13.7. The van der Waals surface area contributed by atoms with E-state index in [0.29, 0.717) is 28.4 Å². The number of aromatic nitrogens is 1. The molecule has 2 heterocycles. The van der Waals surface area contributed by atoms with E-state index in [0.717, 1.165) is 52.6 Å². The summed E-state index contributed by atoms with van der Waals surface area (Å²) in [5.41, 5.74) is 6.30. The van der Waals surface area contributed by atoms with Crippen LogP contribution in [0.4, 0.5) is 5.00 Å². The van der Waals surface area contributed by atoms with Crippen molar-refractivity contribution in [1.29, 1.82) is 5.26 Å². The first-order valence-electron chi connectivity index (χ1n) is 13.2. The van der Waals surface area contributed by atoms with Crippen LogP contribution in [0, 0.1) is 11.3 Å². The number of thiophene rings is 1. The van der Waals surface area contributed by atoms with Gasteiger partial charge in [-0.1, -0.05) is 67.9 Å². The maximum absolute atomic E-state index is 13.7. The highest BCUT2D eigenvalue weighted by atomic mass is 32.1. The van der Waals surface area contributed by atoms with Crippen LogP contribution in [0.2, 0.25) is 0 Å². The molecule has 0 aliphatic heterocycles. The van der Waals surface area contributed by atoms with Crippen molar-refractivity contribution in [3.8, 4) is 34.2 Å². The molecular formula is C33H29N3O2S. The lowest BCUT2D eigenvalue weighted by molar-refractivity contribution is 0.102. The summed E-state index contributed by atoms with van der Waals surface area (Å²) in [6.07, 6.45) is 3.35. The summed E-state index contributed by atoms with van der Waals surface area (Å²) < 4.78 is 5.66. The summed E-state index contributed by atoms with van der Waals surface area (Å²) in [5, 5.41) is 16.3. The Labute approximate surface area is 232 Å². The molecule has 1 N–H and O–H groups in total. The minimum atomic E-state index is -0.282. The van der Waals surface area contributed by atoms with E-state index in [-0.39, 0.29) is 5.91 Å². The Kier molecular flexibility index (Phi) is 8.00. The molecule has 0 unspecified atom stereocenters. The van der Waals surface area contributed by atoms with Crippen molar-refractivity contribution in [2.24, 2.45) is 0 Å². The number of carbonyl (C=O) groups excluding carboxylic acids is 1. The third kappa shape index (κ3) is 5.69. The Morgan fingerprint density at radius 1 is 1.00 bits per heavy atom. The van der Waals surface area contributed by atoms with Gasteiger partial charge in [0.2, 0.25) is 0 Å². The monoisotopic (exact) mass is 531 g/mol. The molecule has 0 radical (unpaired) electrons.